The first-order chi connectivity index (χ1) is 13.7. The Bertz CT molecular complexity index is 819. The highest BCUT2D eigenvalue weighted by Gasteiger charge is 2.47. The molecular formula is C23H26F3NO2. The minimum absolute atomic E-state index is 0.275. The number of aromatic hydroxyl groups is 1. The van der Waals surface area contributed by atoms with Crippen LogP contribution < -0.4 is 0 Å². The average Bonchev–Trinajstić information content (AvgIpc) is 3.15. The van der Waals surface area contributed by atoms with E-state index in [2.05, 4.69) is 4.90 Å². The molecule has 2 fully saturated rings. The molecule has 4 rings (SSSR count). The average molecular weight is 405 g/mol. The molecule has 3 atom stereocenters. The fourth-order valence-corrected chi connectivity index (χ4v) is 5.03. The molecule has 1 aliphatic heterocycles. The first kappa shape index (κ1) is 20.2. The van der Waals surface area contributed by atoms with Crippen LogP contribution >= 0.6 is 0 Å². The van der Waals surface area contributed by atoms with Gasteiger partial charge in [-0.1, -0.05) is 24.3 Å². The number of phenolic OH excluding ortho intramolecular Hbond substituents is 1. The van der Waals surface area contributed by atoms with Crippen molar-refractivity contribution in [2.75, 3.05) is 19.6 Å². The summed E-state index contributed by atoms with van der Waals surface area (Å²) in [6, 6.07) is 12.5. The van der Waals surface area contributed by atoms with E-state index >= 15 is 0 Å². The second-order valence-corrected chi connectivity index (χ2v) is 8.70. The molecule has 0 radical (unpaired) electrons. The standard InChI is InChI=1S/C23H26F3NO2/c24-23(25,26)20-5-1-17(2-6-20)11-22(29)12-18-14-27(15-19(18)13-22)10-9-16-3-7-21(28)8-4-16/h1-8,18-19,28-29H,9-15H2/t18-,19+,22-. The Balaban J connectivity index is 1.29. The van der Waals surface area contributed by atoms with Crippen LogP contribution in [0.1, 0.15) is 29.5 Å². The van der Waals surface area contributed by atoms with Crippen LogP contribution in [0.2, 0.25) is 0 Å². The van der Waals surface area contributed by atoms with E-state index in [9.17, 15) is 23.4 Å². The summed E-state index contributed by atoms with van der Waals surface area (Å²) in [4.78, 5) is 2.43. The van der Waals surface area contributed by atoms with Gasteiger partial charge in [-0.05, 0) is 66.5 Å². The zero-order valence-corrected chi connectivity index (χ0v) is 16.2. The van der Waals surface area contributed by atoms with Gasteiger partial charge in [0, 0.05) is 26.1 Å². The molecule has 0 bridgehead atoms. The topological polar surface area (TPSA) is 43.7 Å². The fraction of sp³-hybridized carbons (Fsp3) is 0.478. The van der Waals surface area contributed by atoms with Gasteiger partial charge in [-0.3, -0.25) is 0 Å². The van der Waals surface area contributed by atoms with Crippen molar-refractivity contribution < 1.29 is 23.4 Å². The largest absolute Gasteiger partial charge is 0.508 e. The minimum atomic E-state index is -4.33. The van der Waals surface area contributed by atoms with Crippen molar-refractivity contribution in [1.29, 1.82) is 0 Å². The monoisotopic (exact) mass is 405 g/mol. The summed E-state index contributed by atoms with van der Waals surface area (Å²) >= 11 is 0. The van der Waals surface area contributed by atoms with Crippen molar-refractivity contribution in [1.82, 2.24) is 4.90 Å². The number of halogens is 3. The summed E-state index contributed by atoms with van der Waals surface area (Å²) in [5, 5.41) is 20.4. The van der Waals surface area contributed by atoms with Crippen molar-refractivity contribution >= 4 is 0 Å². The third-order valence-corrected chi connectivity index (χ3v) is 6.40. The second-order valence-electron chi connectivity index (χ2n) is 8.70. The third kappa shape index (κ3) is 4.75. The second kappa shape index (κ2) is 7.65. The Morgan fingerprint density at radius 2 is 1.45 bits per heavy atom. The number of fused-ring (bicyclic) bond motifs is 1. The first-order valence-electron chi connectivity index (χ1n) is 10.1. The number of likely N-dealkylation sites (tertiary alicyclic amines) is 1. The molecule has 6 heteroatoms. The van der Waals surface area contributed by atoms with E-state index in [4.69, 9.17) is 0 Å². The summed E-state index contributed by atoms with van der Waals surface area (Å²) in [5.41, 5.74) is 0.474. The van der Waals surface area contributed by atoms with Gasteiger partial charge in [0.1, 0.15) is 5.75 Å². The highest BCUT2D eigenvalue weighted by atomic mass is 19.4. The van der Waals surface area contributed by atoms with Crippen LogP contribution in [0.15, 0.2) is 48.5 Å². The van der Waals surface area contributed by atoms with E-state index in [1.54, 1.807) is 12.1 Å². The van der Waals surface area contributed by atoms with Crippen LogP contribution in [0, 0.1) is 11.8 Å². The highest BCUT2D eigenvalue weighted by Crippen LogP contribution is 2.45. The number of aliphatic hydroxyl groups is 1. The molecule has 1 aliphatic carbocycles. The molecule has 3 nitrogen and oxygen atoms in total. The molecular weight excluding hydrogens is 379 g/mol. The van der Waals surface area contributed by atoms with Gasteiger partial charge in [0.15, 0.2) is 0 Å². The van der Waals surface area contributed by atoms with Gasteiger partial charge in [-0.25, -0.2) is 0 Å². The predicted octanol–water partition coefficient (Wildman–Crippen LogP) is 4.27. The normalized spacial score (nSPS) is 27.3. The zero-order valence-electron chi connectivity index (χ0n) is 16.2. The number of benzene rings is 2. The summed E-state index contributed by atoms with van der Waals surface area (Å²) in [6.45, 7) is 2.87. The lowest BCUT2D eigenvalue weighted by Gasteiger charge is -2.26. The van der Waals surface area contributed by atoms with E-state index in [0.717, 1.165) is 43.8 Å². The molecule has 0 unspecified atom stereocenters. The SMILES string of the molecule is Oc1ccc(CCN2C[C@@H]3C[C@@](O)(Cc4ccc(C(F)(F)F)cc4)C[C@@H]3C2)cc1. The van der Waals surface area contributed by atoms with Crippen LogP contribution in [0.3, 0.4) is 0 Å². The maximum absolute atomic E-state index is 12.7. The summed E-state index contributed by atoms with van der Waals surface area (Å²) in [7, 11) is 0. The summed E-state index contributed by atoms with van der Waals surface area (Å²) in [5.74, 6) is 1.15. The molecule has 0 spiro atoms. The van der Waals surface area contributed by atoms with Crippen molar-refractivity contribution in [2.45, 2.75) is 37.5 Å². The number of hydrogen-bond acceptors (Lipinski definition) is 3. The van der Waals surface area contributed by atoms with Crippen LogP contribution in [-0.2, 0) is 19.0 Å². The van der Waals surface area contributed by atoms with E-state index < -0.39 is 17.3 Å². The lowest BCUT2D eigenvalue weighted by molar-refractivity contribution is -0.137. The molecule has 1 saturated carbocycles. The number of hydrogen-bond donors (Lipinski definition) is 2. The Morgan fingerprint density at radius 3 is 2.00 bits per heavy atom. The Hall–Kier alpha value is -2.05. The van der Waals surface area contributed by atoms with Crippen LogP contribution in [0.25, 0.3) is 0 Å². The minimum Gasteiger partial charge on any atom is -0.508 e. The molecule has 2 aromatic carbocycles. The predicted molar refractivity (Wildman–Crippen MR) is 105 cm³/mol. The molecule has 2 aromatic rings. The molecule has 29 heavy (non-hydrogen) atoms. The number of phenols is 1. The third-order valence-electron chi connectivity index (χ3n) is 6.40. The first-order valence-corrected chi connectivity index (χ1v) is 10.1. The highest BCUT2D eigenvalue weighted by molar-refractivity contribution is 5.27. The van der Waals surface area contributed by atoms with Crippen molar-refractivity contribution in [3.63, 3.8) is 0 Å². The van der Waals surface area contributed by atoms with Crippen molar-refractivity contribution in [2.24, 2.45) is 11.8 Å². The van der Waals surface area contributed by atoms with Gasteiger partial charge < -0.3 is 15.1 Å². The smallest absolute Gasteiger partial charge is 0.416 e. The van der Waals surface area contributed by atoms with Crippen LogP contribution in [-0.4, -0.2) is 40.3 Å². The van der Waals surface area contributed by atoms with E-state index in [1.165, 1.54) is 17.7 Å². The molecule has 1 heterocycles. The maximum Gasteiger partial charge on any atom is 0.416 e. The van der Waals surface area contributed by atoms with Gasteiger partial charge in [0.05, 0.1) is 11.2 Å². The van der Waals surface area contributed by atoms with Crippen LogP contribution in [0.5, 0.6) is 5.75 Å². The van der Waals surface area contributed by atoms with Gasteiger partial charge in [-0.2, -0.15) is 13.2 Å². The number of rotatable bonds is 5. The molecule has 156 valence electrons. The van der Waals surface area contributed by atoms with Crippen molar-refractivity contribution in [3.8, 4) is 5.75 Å². The number of alkyl halides is 3. The van der Waals surface area contributed by atoms with E-state index in [-0.39, 0.29) is 5.75 Å². The van der Waals surface area contributed by atoms with E-state index in [0.29, 0.717) is 31.1 Å². The fourth-order valence-electron chi connectivity index (χ4n) is 5.03. The maximum atomic E-state index is 12.7. The quantitative estimate of drug-likeness (QED) is 0.781. The van der Waals surface area contributed by atoms with Crippen LogP contribution in [0.4, 0.5) is 13.2 Å². The summed E-state index contributed by atoms with van der Waals surface area (Å²) < 4.78 is 38.1. The molecule has 2 N–H and O–H groups in total. The number of nitrogens with zero attached hydrogens (tertiary/aromatic N) is 1. The van der Waals surface area contributed by atoms with Gasteiger partial charge in [-0.15, -0.1) is 0 Å². The molecule has 2 aliphatic rings. The van der Waals surface area contributed by atoms with Crippen molar-refractivity contribution in [3.05, 3.63) is 65.2 Å². The van der Waals surface area contributed by atoms with Gasteiger partial charge >= 0.3 is 6.18 Å². The molecule has 0 amide bonds. The lowest BCUT2D eigenvalue weighted by Crippen LogP contribution is -2.32. The Kier molecular flexibility index (Phi) is 5.34. The Labute approximate surface area is 168 Å². The summed E-state index contributed by atoms with van der Waals surface area (Å²) in [6.07, 6.45) is -1.59. The van der Waals surface area contributed by atoms with Gasteiger partial charge in [0.2, 0.25) is 0 Å². The lowest BCUT2D eigenvalue weighted by atomic mass is 9.91. The van der Waals surface area contributed by atoms with E-state index in [1.807, 2.05) is 12.1 Å². The van der Waals surface area contributed by atoms with Gasteiger partial charge in [0.25, 0.3) is 0 Å². The molecule has 0 aromatic heterocycles. The molecule has 1 saturated heterocycles. The Morgan fingerprint density at radius 1 is 0.897 bits per heavy atom. The zero-order chi connectivity index (χ0) is 20.6.